The molecule has 0 aromatic heterocycles. The normalized spacial score (nSPS) is 21.2. The maximum Gasteiger partial charge on any atom is 0.408 e. The van der Waals surface area contributed by atoms with Crippen molar-refractivity contribution >= 4 is 35.1 Å². The highest BCUT2D eigenvalue weighted by molar-refractivity contribution is 6.34. The molecular formula is C28H28Cl2F4N2O5. The van der Waals surface area contributed by atoms with Crippen molar-refractivity contribution in [1.82, 2.24) is 9.80 Å². The average Bonchev–Trinajstić information content (AvgIpc) is 3.61. The third kappa shape index (κ3) is 6.74. The first-order chi connectivity index (χ1) is 19.4. The van der Waals surface area contributed by atoms with Crippen LogP contribution in [0.1, 0.15) is 59.1 Å². The number of likely N-dealkylation sites (tertiary alicyclic amines) is 1. The molecule has 2 atom stereocenters. The lowest BCUT2D eigenvalue weighted by Crippen LogP contribution is -2.44. The molecule has 2 unspecified atom stereocenters. The van der Waals surface area contributed by atoms with Crippen LogP contribution in [-0.2, 0) is 9.53 Å². The largest absolute Gasteiger partial charge is 0.493 e. The first-order valence-electron chi connectivity index (χ1n) is 13.3. The van der Waals surface area contributed by atoms with Crippen LogP contribution < -0.4 is 4.74 Å². The van der Waals surface area contributed by atoms with E-state index < -0.39 is 36.0 Å². The van der Waals surface area contributed by atoms with E-state index in [1.807, 2.05) is 0 Å². The summed E-state index contributed by atoms with van der Waals surface area (Å²) in [4.78, 5) is 26.8. The van der Waals surface area contributed by atoms with Crippen LogP contribution in [0.3, 0.4) is 0 Å². The standard InChI is InChI=1S/C28H28Cl2F4N2O5/c29-18-7-17(8-19(30)9-18)25(28(32,33)34)35-5-3-15(4-6-35)12-41-24-11-22(31)21(10-20(24)16-1-2-16)26(37)36-14-40-13-23(36)27(38)39/h7-11,15-16,23,25H,1-6,12-14H2,(H,38,39). The molecule has 3 fully saturated rings. The van der Waals surface area contributed by atoms with Crippen LogP contribution in [0.15, 0.2) is 30.3 Å². The van der Waals surface area contributed by atoms with Gasteiger partial charge in [-0.2, -0.15) is 13.2 Å². The summed E-state index contributed by atoms with van der Waals surface area (Å²) < 4.78 is 68.5. The summed E-state index contributed by atoms with van der Waals surface area (Å²) in [7, 11) is 0. The number of hydrogen-bond acceptors (Lipinski definition) is 5. The molecule has 2 saturated heterocycles. The Morgan fingerprint density at radius 2 is 1.71 bits per heavy atom. The summed E-state index contributed by atoms with van der Waals surface area (Å²) in [6.45, 7) is 0.102. The van der Waals surface area contributed by atoms with Crippen molar-refractivity contribution in [3.63, 3.8) is 0 Å². The van der Waals surface area contributed by atoms with E-state index in [-0.39, 0.29) is 71.8 Å². The van der Waals surface area contributed by atoms with Crippen LogP contribution in [-0.4, -0.2) is 72.0 Å². The number of aliphatic carboxylic acids is 1. The SMILES string of the molecule is O=C(O)C1COCN1C(=O)c1cc(C2CC2)c(OCC2CCN(C(c3cc(Cl)cc(Cl)c3)C(F)(F)F)CC2)cc1F. The Bertz CT molecular complexity index is 1290. The van der Waals surface area contributed by atoms with E-state index in [0.717, 1.165) is 23.8 Å². The minimum Gasteiger partial charge on any atom is -0.493 e. The van der Waals surface area contributed by atoms with Gasteiger partial charge in [-0.1, -0.05) is 23.2 Å². The number of alkyl halides is 3. The Morgan fingerprint density at radius 1 is 1.05 bits per heavy atom. The van der Waals surface area contributed by atoms with Crippen LogP contribution in [0.2, 0.25) is 10.0 Å². The summed E-state index contributed by atoms with van der Waals surface area (Å²) in [6.07, 6.45) is -1.98. The van der Waals surface area contributed by atoms with E-state index in [2.05, 4.69) is 0 Å². The molecule has 222 valence electrons. The Kier molecular flexibility index (Phi) is 8.71. The molecule has 2 aliphatic heterocycles. The van der Waals surface area contributed by atoms with E-state index in [9.17, 15) is 27.9 Å². The fourth-order valence-electron chi connectivity index (χ4n) is 5.50. The summed E-state index contributed by atoms with van der Waals surface area (Å²) in [5.74, 6) is -2.53. The Morgan fingerprint density at radius 3 is 2.29 bits per heavy atom. The number of halogens is 6. The molecule has 2 aromatic carbocycles. The van der Waals surface area contributed by atoms with Crippen LogP contribution in [0.25, 0.3) is 0 Å². The van der Waals surface area contributed by atoms with Crippen LogP contribution in [0, 0.1) is 11.7 Å². The van der Waals surface area contributed by atoms with Crippen LogP contribution >= 0.6 is 23.2 Å². The second-order valence-electron chi connectivity index (χ2n) is 10.7. The zero-order chi connectivity index (χ0) is 29.5. The number of rotatable bonds is 8. The summed E-state index contributed by atoms with van der Waals surface area (Å²) in [5.41, 5.74) is 0.400. The highest BCUT2D eigenvalue weighted by atomic mass is 35.5. The van der Waals surface area contributed by atoms with Crippen molar-refractivity contribution in [2.45, 2.75) is 49.9 Å². The number of amides is 1. The molecule has 1 N–H and O–H groups in total. The third-order valence-corrected chi connectivity index (χ3v) is 8.21. The minimum absolute atomic E-state index is 0.0148. The number of carboxylic acid groups (broad SMARTS) is 1. The van der Waals surface area contributed by atoms with Crippen molar-refractivity contribution < 1.29 is 41.7 Å². The average molecular weight is 619 g/mol. The molecule has 1 aliphatic carbocycles. The highest BCUT2D eigenvalue weighted by Crippen LogP contribution is 2.46. The number of hydrogen-bond donors (Lipinski definition) is 1. The molecule has 7 nitrogen and oxygen atoms in total. The van der Waals surface area contributed by atoms with Crippen molar-refractivity contribution in [2.24, 2.45) is 5.92 Å². The Labute approximate surface area is 243 Å². The fourth-order valence-corrected chi connectivity index (χ4v) is 6.04. The van der Waals surface area contributed by atoms with Gasteiger partial charge in [0.1, 0.15) is 24.3 Å². The second kappa shape index (κ2) is 11.9. The van der Waals surface area contributed by atoms with Gasteiger partial charge in [0.2, 0.25) is 0 Å². The van der Waals surface area contributed by atoms with Gasteiger partial charge in [0.15, 0.2) is 6.04 Å². The van der Waals surface area contributed by atoms with Crippen molar-refractivity contribution in [1.29, 1.82) is 0 Å². The molecular weight excluding hydrogens is 591 g/mol. The lowest BCUT2D eigenvalue weighted by atomic mass is 9.94. The van der Waals surface area contributed by atoms with Gasteiger partial charge in [-0.15, -0.1) is 0 Å². The molecule has 0 spiro atoms. The first kappa shape index (κ1) is 29.9. The smallest absolute Gasteiger partial charge is 0.408 e. The number of nitrogens with zero attached hydrogens (tertiary/aromatic N) is 2. The van der Waals surface area contributed by atoms with Gasteiger partial charge in [-0.3, -0.25) is 14.6 Å². The second-order valence-corrected chi connectivity index (χ2v) is 11.6. The molecule has 1 amide bonds. The first-order valence-corrected chi connectivity index (χ1v) is 14.0. The van der Waals surface area contributed by atoms with E-state index in [4.69, 9.17) is 32.7 Å². The Hall–Kier alpha value is -2.60. The molecule has 1 saturated carbocycles. The lowest BCUT2D eigenvalue weighted by molar-refractivity contribution is -0.190. The Balaban J connectivity index is 1.25. The monoisotopic (exact) mass is 618 g/mol. The topological polar surface area (TPSA) is 79.3 Å². The van der Waals surface area contributed by atoms with Crippen molar-refractivity contribution in [2.75, 3.05) is 33.0 Å². The summed E-state index contributed by atoms with van der Waals surface area (Å²) in [5, 5.41) is 9.61. The molecule has 2 heterocycles. The fraction of sp³-hybridized carbons (Fsp3) is 0.500. The summed E-state index contributed by atoms with van der Waals surface area (Å²) >= 11 is 11.9. The van der Waals surface area contributed by atoms with Gasteiger partial charge in [0.05, 0.1) is 18.8 Å². The predicted molar refractivity (Wildman–Crippen MR) is 142 cm³/mol. The maximum atomic E-state index is 15.1. The third-order valence-electron chi connectivity index (χ3n) is 7.77. The number of piperidine rings is 1. The van der Waals surface area contributed by atoms with Gasteiger partial charge in [0.25, 0.3) is 5.91 Å². The van der Waals surface area contributed by atoms with E-state index in [1.54, 1.807) is 0 Å². The molecule has 3 aliphatic rings. The van der Waals surface area contributed by atoms with Gasteiger partial charge >= 0.3 is 12.1 Å². The van der Waals surface area contributed by atoms with Gasteiger partial charge in [0, 0.05) is 16.1 Å². The minimum atomic E-state index is -4.53. The number of carbonyl (C=O) groups excluding carboxylic acids is 1. The number of ether oxygens (including phenoxy) is 2. The van der Waals surface area contributed by atoms with E-state index in [0.29, 0.717) is 18.4 Å². The molecule has 41 heavy (non-hydrogen) atoms. The van der Waals surface area contributed by atoms with Crippen LogP contribution in [0.4, 0.5) is 17.6 Å². The lowest BCUT2D eigenvalue weighted by Gasteiger charge is -2.38. The zero-order valence-corrected chi connectivity index (χ0v) is 23.3. The number of benzene rings is 2. The van der Waals surface area contributed by atoms with Gasteiger partial charge < -0.3 is 14.6 Å². The van der Waals surface area contributed by atoms with Crippen molar-refractivity contribution in [3.8, 4) is 5.75 Å². The van der Waals surface area contributed by atoms with Gasteiger partial charge in [-0.05, 0) is 86.0 Å². The molecule has 13 heteroatoms. The summed E-state index contributed by atoms with van der Waals surface area (Å²) in [6, 6.07) is 3.48. The number of carboxylic acids is 1. The quantitative estimate of drug-likeness (QED) is 0.350. The molecule has 2 aromatic rings. The number of carbonyl (C=O) groups is 2. The molecule has 5 rings (SSSR count). The van der Waals surface area contributed by atoms with Crippen molar-refractivity contribution in [3.05, 3.63) is 62.9 Å². The van der Waals surface area contributed by atoms with E-state index in [1.165, 1.54) is 29.2 Å². The molecule has 0 radical (unpaired) electrons. The zero-order valence-electron chi connectivity index (χ0n) is 21.8. The maximum absolute atomic E-state index is 15.1. The van der Waals surface area contributed by atoms with Gasteiger partial charge in [-0.25, -0.2) is 9.18 Å². The van der Waals surface area contributed by atoms with E-state index >= 15 is 4.39 Å². The molecule has 0 bridgehead atoms. The predicted octanol–water partition coefficient (Wildman–Crippen LogP) is 6.29. The van der Waals surface area contributed by atoms with Crippen LogP contribution in [0.5, 0.6) is 5.75 Å². The highest BCUT2D eigenvalue weighted by Gasteiger charge is 2.46.